The lowest BCUT2D eigenvalue weighted by Crippen LogP contribution is -2.49. The van der Waals surface area contributed by atoms with Crippen LogP contribution in [0.5, 0.6) is 0 Å². The zero-order valence-corrected chi connectivity index (χ0v) is 16.5. The first-order valence-corrected chi connectivity index (χ1v) is 10.0. The molecule has 2 nitrogen and oxygen atoms in total. The molecule has 0 aliphatic heterocycles. The van der Waals surface area contributed by atoms with Crippen molar-refractivity contribution in [2.45, 2.75) is 68.9 Å². The van der Waals surface area contributed by atoms with Crippen LogP contribution < -0.4 is 0 Å². The van der Waals surface area contributed by atoms with E-state index in [0.717, 1.165) is 50.0 Å². The topological polar surface area (TPSA) is 23.5 Å². The molecule has 3 rings (SSSR count). The zero-order valence-electron chi connectivity index (χ0n) is 15.7. The highest BCUT2D eigenvalue weighted by molar-refractivity contribution is 6.30. The summed E-state index contributed by atoms with van der Waals surface area (Å²) < 4.78 is 0. The fourth-order valence-corrected chi connectivity index (χ4v) is 5.04. The van der Waals surface area contributed by atoms with Gasteiger partial charge in [-0.15, -0.1) is 0 Å². The number of benzene rings is 1. The van der Waals surface area contributed by atoms with Crippen LogP contribution in [0.15, 0.2) is 36.4 Å². The third-order valence-electron chi connectivity index (χ3n) is 6.73. The van der Waals surface area contributed by atoms with Crippen LogP contribution in [0.2, 0.25) is 5.02 Å². The van der Waals surface area contributed by atoms with Crippen LogP contribution >= 0.6 is 11.6 Å². The number of allylic oxidation sites excluding steroid dienone is 1. The van der Waals surface area contributed by atoms with Crippen molar-refractivity contribution in [2.75, 3.05) is 14.1 Å². The summed E-state index contributed by atoms with van der Waals surface area (Å²) in [6.45, 7) is 4.11. The van der Waals surface area contributed by atoms with Gasteiger partial charge in [-0.05, 0) is 95.5 Å². The molecule has 2 saturated carbocycles. The summed E-state index contributed by atoms with van der Waals surface area (Å²) in [5.74, 6) is 0.665. The summed E-state index contributed by atoms with van der Waals surface area (Å²) in [5, 5.41) is 12.0. The molecule has 0 saturated heterocycles. The van der Waals surface area contributed by atoms with Crippen LogP contribution in [-0.2, 0) is 5.54 Å². The SMILES string of the molecule is C=C1CCC(CC2(O)CCC(c3ccc(Cl)cc3)(N(C)C)CC2)CC1. The van der Waals surface area contributed by atoms with Gasteiger partial charge in [0.25, 0.3) is 0 Å². The summed E-state index contributed by atoms with van der Waals surface area (Å²) in [4.78, 5) is 2.33. The molecule has 1 aromatic carbocycles. The zero-order chi connectivity index (χ0) is 18.1. The molecule has 2 aliphatic carbocycles. The molecule has 25 heavy (non-hydrogen) atoms. The van der Waals surface area contributed by atoms with Crippen molar-refractivity contribution in [3.05, 3.63) is 47.0 Å². The summed E-state index contributed by atoms with van der Waals surface area (Å²) >= 11 is 6.08. The third kappa shape index (κ3) is 4.13. The average molecular weight is 362 g/mol. The van der Waals surface area contributed by atoms with Crippen LogP contribution in [0.25, 0.3) is 0 Å². The molecule has 138 valence electrons. The Balaban J connectivity index is 1.69. The number of hydrogen-bond donors (Lipinski definition) is 1. The van der Waals surface area contributed by atoms with Crippen LogP contribution in [0, 0.1) is 5.92 Å². The van der Waals surface area contributed by atoms with Gasteiger partial charge >= 0.3 is 0 Å². The lowest BCUT2D eigenvalue weighted by molar-refractivity contribution is -0.0624. The predicted molar refractivity (Wildman–Crippen MR) is 106 cm³/mol. The average Bonchev–Trinajstić information content (AvgIpc) is 2.58. The minimum Gasteiger partial charge on any atom is -0.390 e. The maximum absolute atomic E-state index is 11.2. The van der Waals surface area contributed by atoms with E-state index in [1.165, 1.54) is 24.0 Å². The molecule has 0 bridgehead atoms. The van der Waals surface area contributed by atoms with Crippen LogP contribution in [0.3, 0.4) is 0 Å². The van der Waals surface area contributed by atoms with E-state index < -0.39 is 5.60 Å². The van der Waals surface area contributed by atoms with Gasteiger partial charge in [0.05, 0.1) is 5.60 Å². The third-order valence-corrected chi connectivity index (χ3v) is 6.98. The van der Waals surface area contributed by atoms with Gasteiger partial charge in [-0.2, -0.15) is 0 Å². The van der Waals surface area contributed by atoms with E-state index in [9.17, 15) is 5.11 Å². The molecule has 0 amide bonds. The Hall–Kier alpha value is -0.830. The van der Waals surface area contributed by atoms with Crippen molar-refractivity contribution in [3.8, 4) is 0 Å². The lowest BCUT2D eigenvalue weighted by Gasteiger charge is -2.49. The Labute approximate surface area is 157 Å². The van der Waals surface area contributed by atoms with Crippen molar-refractivity contribution in [1.82, 2.24) is 4.90 Å². The van der Waals surface area contributed by atoms with Crippen molar-refractivity contribution < 1.29 is 5.11 Å². The molecular weight excluding hydrogens is 330 g/mol. The van der Waals surface area contributed by atoms with E-state index in [0.29, 0.717) is 5.92 Å². The molecule has 0 unspecified atom stereocenters. The maximum Gasteiger partial charge on any atom is 0.0652 e. The minimum absolute atomic E-state index is 0.0116. The maximum atomic E-state index is 11.2. The van der Waals surface area contributed by atoms with Gasteiger partial charge in [0.2, 0.25) is 0 Å². The smallest absolute Gasteiger partial charge is 0.0652 e. The van der Waals surface area contributed by atoms with Gasteiger partial charge in [-0.3, -0.25) is 4.90 Å². The monoisotopic (exact) mass is 361 g/mol. The van der Waals surface area contributed by atoms with Crippen LogP contribution in [0.4, 0.5) is 0 Å². The normalized spacial score (nSPS) is 31.5. The highest BCUT2D eigenvalue weighted by atomic mass is 35.5. The second-order valence-corrected chi connectivity index (χ2v) is 8.99. The standard InChI is InChI=1S/C22H32ClNO/c1-17-4-6-18(7-5-17)16-21(25)12-14-22(15-13-21,24(2)3)19-8-10-20(23)11-9-19/h8-11,18,25H,1,4-7,12-16H2,2-3H3. The van der Waals surface area contributed by atoms with E-state index in [4.69, 9.17) is 11.6 Å². The fraction of sp³-hybridized carbons (Fsp3) is 0.636. The molecule has 0 heterocycles. The van der Waals surface area contributed by atoms with Crippen LogP contribution in [0.1, 0.15) is 63.4 Å². The molecule has 2 aliphatic rings. The first-order chi connectivity index (χ1) is 11.8. The molecule has 2 fully saturated rings. The molecule has 0 aromatic heterocycles. The molecule has 0 spiro atoms. The Kier molecular flexibility index (Phi) is 5.63. The Morgan fingerprint density at radius 2 is 1.64 bits per heavy atom. The van der Waals surface area contributed by atoms with Gasteiger partial charge in [0.1, 0.15) is 0 Å². The molecule has 0 atom stereocenters. The predicted octanol–water partition coefficient (Wildman–Crippen LogP) is 5.54. The van der Waals surface area contributed by atoms with E-state index >= 15 is 0 Å². The Bertz CT molecular complexity index is 589. The fourth-order valence-electron chi connectivity index (χ4n) is 4.91. The van der Waals surface area contributed by atoms with Crippen molar-refractivity contribution in [3.63, 3.8) is 0 Å². The van der Waals surface area contributed by atoms with Gasteiger partial charge < -0.3 is 5.11 Å². The van der Waals surface area contributed by atoms with Gasteiger partial charge in [-0.25, -0.2) is 0 Å². The quantitative estimate of drug-likeness (QED) is 0.712. The van der Waals surface area contributed by atoms with Gasteiger partial charge in [0.15, 0.2) is 0 Å². The summed E-state index contributed by atoms with van der Waals surface area (Å²) in [6.07, 6.45) is 9.42. The van der Waals surface area contributed by atoms with E-state index in [-0.39, 0.29) is 5.54 Å². The molecule has 0 radical (unpaired) electrons. The summed E-state index contributed by atoms with van der Waals surface area (Å²) in [6, 6.07) is 8.27. The number of rotatable bonds is 4. The summed E-state index contributed by atoms with van der Waals surface area (Å²) in [5.41, 5.74) is 2.23. The van der Waals surface area contributed by atoms with Crippen molar-refractivity contribution in [2.24, 2.45) is 5.92 Å². The highest BCUT2D eigenvalue weighted by Crippen LogP contribution is 2.47. The molecule has 3 heteroatoms. The first-order valence-electron chi connectivity index (χ1n) is 9.66. The Morgan fingerprint density at radius 3 is 2.16 bits per heavy atom. The van der Waals surface area contributed by atoms with Gasteiger partial charge in [0, 0.05) is 10.6 Å². The number of hydrogen-bond acceptors (Lipinski definition) is 2. The highest BCUT2D eigenvalue weighted by Gasteiger charge is 2.44. The molecule has 1 N–H and O–H groups in total. The second-order valence-electron chi connectivity index (χ2n) is 8.55. The van der Waals surface area contributed by atoms with Gasteiger partial charge in [-0.1, -0.05) is 35.9 Å². The molecular formula is C22H32ClNO. The van der Waals surface area contributed by atoms with E-state index in [2.05, 4.69) is 37.7 Å². The molecule has 1 aromatic rings. The second kappa shape index (κ2) is 7.42. The van der Waals surface area contributed by atoms with E-state index in [1.807, 2.05) is 12.1 Å². The van der Waals surface area contributed by atoms with Crippen molar-refractivity contribution >= 4 is 11.6 Å². The number of nitrogens with zero attached hydrogens (tertiary/aromatic N) is 1. The summed E-state index contributed by atoms with van der Waals surface area (Å²) in [7, 11) is 4.32. The van der Waals surface area contributed by atoms with E-state index in [1.54, 1.807) is 0 Å². The minimum atomic E-state index is -0.491. The lowest BCUT2D eigenvalue weighted by atomic mass is 9.66. The van der Waals surface area contributed by atoms with Crippen LogP contribution in [-0.4, -0.2) is 29.7 Å². The first kappa shape index (κ1) is 18.9. The number of aliphatic hydroxyl groups is 1. The Morgan fingerprint density at radius 1 is 1.08 bits per heavy atom. The van der Waals surface area contributed by atoms with Crippen molar-refractivity contribution in [1.29, 1.82) is 0 Å². The largest absolute Gasteiger partial charge is 0.390 e. The number of halogens is 1.